The van der Waals surface area contributed by atoms with Crippen molar-refractivity contribution in [1.29, 1.82) is 0 Å². The number of thioether (sulfide) groups is 1. The van der Waals surface area contributed by atoms with Crippen LogP contribution in [-0.4, -0.2) is 43.9 Å². The monoisotopic (exact) mass is 320 g/mol. The molecule has 1 fully saturated rings. The Morgan fingerprint density at radius 1 is 1.32 bits per heavy atom. The number of halogens is 1. The minimum Gasteiger partial charge on any atom is -0.342 e. The van der Waals surface area contributed by atoms with Crippen molar-refractivity contribution in [2.24, 2.45) is 0 Å². The summed E-state index contributed by atoms with van der Waals surface area (Å²) in [5.41, 5.74) is 0.385. The lowest BCUT2D eigenvalue weighted by Gasteiger charge is -2.19. The Bertz CT molecular complexity index is 669. The average Bonchev–Trinajstić information content (AvgIpc) is 3.18. The van der Waals surface area contributed by atoms with E-state index in [1.165, 1.54) is 24.2 Å². The van der Waals surface area contributed by atoms with Gasteiger partial charge >= 0.3 is 0 Å². The third-order valence-corrected chi connectivity index (χ3v) is 4.72. The first kappa shape index (κ1) is 15.0. The minimum atomic E-state index is -0.345. The summed E-state index contributed by atoms with van der Waals surface area (Å²) in [4.78, 5) is 14.2. The van der Waals surface area contributed by atoms with E-state index < -0.39 is 0 Å². The molecule has 0 spiro atoms. The molecule has 0 saturated carbocycles. The maximum atomic E-state index is 13.9. The number of para-hydroxylation sites is 1. The molecule has 1 amide bonds. The van der Waals surface area contributed by atoms with Crippen LogP contribution in [0.3, 0.4) is 0 Å². The summed E-state index contributed by atoms with van der Waals surface area (Å²) in [5.74, 6) is -0.242. The molecule has 1 aliphatic rings. The van der Waals surface area contributed by atoms with Crippen LogP contribution < -0.4 is 0 Å². The first-order valence-electron chi connectivity index (χ1n) is 7.27. The van der Waals surface area contributed by atoms with E-state index in [2.05, 4.69) is 10.2 Å². The van der Waals surface area contributed by atoms with E-state index >= 15 is 0 Å². The smallest absolute Gasteiger partial charge is 0.235 e. The molecule has 1 aromatic heterocycles. The third kappa shape index (κ3) is 2.99. The van der Waals surface area contributed by atoms with E-state index in [1.807, 2.05) is 11.8 Å². The zero-order chi connectivity index (χ0) is 15.5. The van der Waals surface area contributed by atoms with Gasteiger partial charge in [0.1, 0.15) is 12.1 Å². The third-order valence-electron chi connectivity index (χ3n) is 3.68. The molecule has 5 nitrogen and oxygen atoms in total. The SMILES string of the molecule is C[C@H](Sc1nncn1-c1ccccc1F)C(=O)N1CCCC1. The molecule has 1 saturated heterocycles. The second kappa shape index (κ2) is 6.48. The molecule has 0 radical (unpaired) electrons. The van der Waals surface area contributed by atoms with Gasteiger partial charge in [-0.25, -0.2) is 4.39 Å². The van der Waals surface area contributed by atoms with Gasteiger partial charge in [-0.2, -0.15) is 0 Å². The van der Waals surface area contributed by atoms with Gasteiger partial charge in [0.25, 0.3) is 0 Å². The van der Waals surface area contributed by atoms with Crippen molar-refractivity contribution >= 4 is 17.7 Å². The zero-order valence-corrected chi connectivity index (χ0v) is 13.1. The van der Waals surface area contributed by atoms with E-state index in [0.29, 0.717) is 10.8 Å². The van der Waals surface area contributed by atoms with Crippen LogP contribution in [0, 0.1) is 5.82 Å². The van der Waals surface area contributed by atoms with Gasteiger partial charge in [0.05, 0.1) is 10.9 Å². The first-order chi connectivity index (χ1) is 10.7. The minimum absolute atomic E-state index is 0.102. The van der Waals surface area contributed by atoms with Gasteiger partial charge < -0.3 is 4.90 Å². The van der Waals surface area contributed by atoms with Crippen LogP contribution in [-0.2, 0) is 4.79 Å². The quantitative estimate of drug-likeness (QED) is 0.812. The molecule has 3 rings (SSSR count). The molecule has 1 aromatic carbocycles. The highest BCUT2D eigenvalue weighted by Crippen LogP contribution is 2.26. The lowest BCUT2D eigenvalue weighted by atomic mass is 10.3. The number of hydrogen-bond donors (Lipinski definition) is 0. The predicted octanol–water partition coefficient (Wildman–Crippen LogP) is 2.51. The number of hydrogen-bond acceptors (Lipinski definition) is 4. The number of rotatable bonds is 4. The number of likely N-dealkylation sites (tertiary alicyclic amines) is 1. The number of amides is 1. The van der Waals surface area contributed by atoms with Gasteiger partial charge in [-0.05, 0) is 31.9 Å². The average molecular weight is 320 g/mol. The highest BCUT2D eigenvalue weighted by Gasteiger charge is 2.25. The summed E-state index contributed by atoms with van der Waals surface area (Å²) >= 11 is 1.31. The van der Waals surface area contributed by atoms with E-state index in [4.69, 9.17) is 0 Å². The molecule has 0 bridgehead atoms. The van der Waals surface area contributed by atoms with E-state index in [1.54, 1.807) is 22.8 Å². The first-order valence-corrected chi connectivity index (χ1v) is 8.15. The number of nitrogens with zero attached hydrogens (tertiary/aromatic N) is 4. The molecule has 1 atom stereocenters. The summed E-state index contributed by atoms with van der Waals surface area (Å²) in [7, 11) is 0. The van der Waals surface area contributed by atoms with Crippen LogP contribution in [0.15, 0.2) is 35.7 Å². The Balaban J connectivity index is 1.78. The van der Waals surface area contributed by atoms with Crippen molar-refractivity contribution < 1.29 is 9.18 Å². The predicted molar refractivity (Wildman–Crippen MR) is 82.5 cm³/mol. The van der Waals surface area contributed by atoms with Gasteiger partial charge in [0, 0.05) is 13.1 Å². The topological polar surface area (TPSA) is 51.0 Å². The molecule has 7 heteroatoms. The number of carbonyl (C=O) groups is 1. The van der Waals surface area contributed by atoms with Crippen LogP contribution in [0.1, 0.15) is 19.8 Å². The molecule has 22 heavy (non-hydrogen) atoms. The van der Waals surface area contributed by atoms with Crippen molar-refractivity contribution in [2.75, 3.05) is 13.1 Å². The Hall–Kier alpha value is -1.89. The highest BCUT2D eigenvalue weighted by atomic mass is 32.2. The molecule has 0 N–H and O–H groups in total. The van der Waals surface area contributed by atoms with E-state index in [9.17, 15) is 9.18 Å². The van der Waals surface area contributed by atoms with Gasteiger partial charge in [-0.15, -0.1) is 10.2 Å². The summed E-state index contributed by atoms with van der Waals surface area (Å²) < 4.78 is 15.5. The number of carbonyl (C=O) groups excluding carboxylic acids is 1. The van der Waals surface area contributed by atoms with Crippen molar-refractivity contribution in [2.45, 2.75) is 30.2 Å². The van der Waals surface area contributed by atoms with E-state index in [0.717, 1.165) is 25.9 Å². The molecule has 116 valence electrons. The fourth-order valence-corrected chi connectivity index (χ4v) is 3.44. The Labute approximate surface area is 132 Å². The second-order valence-electron chi connectivity index (χ2n) is 5.23. The van der Waals surface area contributed by atoms with Gasteiger partial charge in [0.15, 0.2) is 5.16 Å². The second-order valence-corrected chi connectivity index (χ2v) is 6.54. The number of benzene rings is 1. The maximum absolute atomic E-state index is 13.9. The lowest BCUT2D eigenvalue weighted by Crippen LogP contribution is -2.34. The van der Waals surface area contributed by atoms with Crippen LogP contribution in [0.25, 0.3) is 5.69 Å². The molecular formula is C15H17FN4OS. The summed E-state index contributed by atoms with van der Waals surface area (Å²) in [5, 5.41) is 8.12. The van der Waals surface area contributed by atoms with Gasteiger partial charge in [-0.3, -0.25) is 9.36 Å². The summed E-state index contributed by atoms with van der Waals surface area (Å²) in [6.45, 7) is 3.50. The fourth-order valence-electron chi connectivity index (χ4n) is 2.52. The molecule has 1 aliphatic heterocycles. The Morgan fingerprint density at radius 3 is 2.77 bits per heavy atom. The van der Waals surface area contributed by atoms with Crippen LogP contribution in [0.5, 0.6) is 0 Å². The van der Waals surface area contributed by atoms with Crippen LogP contribution in [0.2, 0.25) is 0 Å². The molecule has 2 aromatic rings. The maximum Gasteiger partial charge on any atom is 0.235 e. The zero-order valence-electron chi connectivity index (χ0n) is 12.3. The van der Waals surface area contributed by atoms with Crippen molar-refractivity contribution in [3.8, 4) is 5.69 Å². The normalized spacial score (nSPS) is 16.0. The Kier molecular flexibility index (Phi) is 4.42. The van der Waals surface area contributed by atoms with Crippen molar-refractivity contribution in [3.05, 3.63) is 36.4 Å². The molecule has 0 aliphatic carbocycles. The lowest BCUT2D eigenvalue weighted by molar-refractivity contribution is -0.129. The largest absolute Gasteiger partial charge is 0.342 e. The van der Waals surface area contributed by atoms with Gasteiger partial charge in [0.2, 0.25) is 5.91 Å². The molecule has 2 heterocycles. The molecular weight excluding hydrogens is 303 g/mol. The Morgan fingerprint density at radius 2 is 2.05 bits per heavy atom. The standard InChI is InChI=1S/C15H17FN4OS/c1-11(14(21)19-8-4-5-9-19)22-15-18-17-10-20(15)13-7-3-2-6-12(13)16/h2-3,6-7,10-11H,4-5,8-9H2,1H3/t11-/m0/s1. The number of aromatic nitrogens is 3. The van der Waals surface area contributed by atoms with Crippen LogP contribution >= 0.6 is 11.8 Å². The molecule has 0 unspecified atom stereocenters. The van der Waals surface area contributed by atoms with Crippen molar-refractivity contribution in [3.63, 3.8) is 0 Å². The highest BCUT2D eigenvalue weighted by molar-refractivity contribution is 8.00. The van der Waals surface area contributed by atoms with Gasteiger partial charge in [-0.1, -0.05) is 23.9 Å². The summed E-state index contributed by atoms with van der Waals surface area (Å²) in [6.07, 6.45) is 3.59. The fraction of sp³-hybridized carbons (Fsp3) is 0.400. The summed E-state index contributed by atoms with van der Waals surface area (Å²) in [6, 6.07) is 6.44. The van der Waals surface area contributed by atoms with E-state index in [-0.39, 0.29) is 17.0 Å². The van der Waals surface area contributed by atoms with Crippen molar-refractivity contribution in [1.82, 2.24) is 19.7 Å². The van der Waals surface area contributed by atoms with Crippen LogP contribution in [0.4, 0.5) is 4.39 Å².